The van der Waals surface area contributed by atoms with Crippen molar-refractivity contribution in [2.24, 2.45) is 11.8 Å². The van der Waals surface area contributed by atoms with E-state index in [0.29, 0.717) is 24.9 Å². The average molecular weight is 305 g/mol. The van der Waals surface area contributed by atoms with Crippen LogP contribution in [0.15, 0.2) is 18.2 Å². The molecule has 1 aromatic rings. The fraction of sp³-hybridized carbons (Fsp3) is 0.588. The van der Waals surface area contributed by atoms with E-state index in [0.717, 1.165) is 23.7 Å². The largest absolute Gasteiger partial charge is 0.493 e. The molecule has 5 heteroatoms. The molecule has 1 amide bonds. The minimum absolute atomic E-state index is 0.213. The van der Waals surface area contributed by atoms with Gasteiger partial charge >= 0.3 is 6.09 Å². The van der Waals surface area contributed by atoms with Crippen LogP contribution < -0.4 is 9.47 Å². The molecule has 5 nitrogen and oxygen atoms in total. The highest BCUT2D eigenvalue weighted by atomic mass is 16.5. The van der Waals surface area contributed by atoms with Gasteiger partial charge in [0.15, 0.2) is 11.5 Å². The Hall–Kier alpha value is -1.91. The van der Waals surface area contributed by atoms with Crippen LogP contribution in [0, 0.1) is 11.8 Å². The fourth-order valence-electron chi connectivity index (χ4n) is 3.09. The lowest BCUT2D eigenvalue weighted by Crippen LogP contribution is -2.26. The molecule has 120 valence electrons. The third kappa shape index (κ3) is 3.13. The first kappa shape index (κ1) is 15.0. The number of benzene rings is 1. The Morgan fingerprint density at radius 3 is 2.68 bits per heavy atom. The summed E-state index contributed by atoms with van der Waals surface area (Å²) >= 11 is 0. The summed E-state index contributed by atoms with van der Waals surface area (Å²) in [6.45, 7) is 3.97. The summed E-state index contributed by atoms with van der Waals surface area (Å²) in [7, 11) is 1.64. The monoisotopic (exact) mass is 305 g/mol. The number of carbonyl (C=O) groups is 1. The molecule has 2 aliphatic rings. The molecule has 1 saturated heterocycles. The van der Waals surface area contributed by atoms with Crippen LogP contribution in [0.25, 0.3) is 0 Å². The summed E-state index contributed by atoms with van der Waals surface area (Å²) in [4.78, 5) is 12.6. The van der Waals surface area contributed by atoms with E-state index in [1.165, 1.54) is 17.7 Å². The minimum atomic E-state index is -0.840. The second-order valence-electron chi connectivity index (χ2n) is 6.44. The summed E-state index contributed by atoms with van der Waals surface area (Å²) in [6.07, 6.45) is 1.65. The number of methoxy groups -OCH3 is 1. The van der Waals surface area contributed by atoms with Gasteiger partial charge in [0.25, 0.3) is 0 Å². The van der Waals surface area contributed by atoms with Gasteiger partial charge in [-0.25, -0.2) is 4.79 Å². The standard InChI is InChI=1S/C17H23NO4/c1-11-8-18(17(19)20)9-14(11)13-5-6-15(21-2)16(7-13)22-10-12-3-4-12/h5-7,11-12,14H,3-4,8-10H2,1-2H3,(H,19,20)/t11-,14+/m1/s1. The second-order valence-corrected chi connectivity index (χ2v) is 6.44. The van der Waals surface area contributed by atoms with Crippen molar-refractivity contribution in [3.8, 4) is 11.5 Å². The number of hydrogen-bond donors (Lipinski definition) is 1. The van der Waals surface area contributed by atoms with E-state index in [1.54, 1.807) is 7.11 Å². The molecule has 1 aromatic carbocycles. The summed E-state index contributed by atoms with van der Waals surface area (Å²) in [5, 5.41) is 9.17. The van der Waals surface area contributed by atoms with Crippen molar-refractivity contribution in [3.05, 3.63) is 23.8 Å². The summed E-state index contributed by atoms with van der Waals surface area (Å²) in [5.41, 5.74) is 1.13. The molecule has 0 unspecified atom stereocenters. The zero-order chi connectivity index (χ0) is 15.7. The van der Waals surface area contributed by atoms with Crippen molar-refractivity contribution >= 4 is 6.09 Å². The molecule has 1 heterocycles. The Morgan fingerprint density at radius 1 is 1.32 bits per heavy atom. The van der Waals surface area contributed by atoms with Gasteiger partial charge in [-0.2, -0.15) is 0 Å². The highest BCUT2D eigenvalue weighted by Gasteiger charge is 2.33. The first-order valence-electron chi connectivity index (χ1n) is 7.87. The van der Waals surface area contributed by atoms with Crippen LogP contribution >= 0.6 is 0 Å². The van der Waals surface area contributed by atoms with Gasteiger partial charge in [-0.1, -0.05) is 13.0 Å². The third-order valence-electron chi connectivity index (χ3n) is 4.67. The molecule has 22 heavy (non-hydrogen) atoms. The molecular weight excluding hydrogens is 282 g/mol. The molecule has 0 bridgehead atoms. The third-order valence-corrected chi connectivity index (χ3v) is 4.67. The van der Waals surface area contributed by atoms with Crippen LogP contribution in [0.4, 0.5) is 4.79 Å². The molecule has 2 fully saturated rings. The Balaban J connectivity index is 1.77. The maximum Gasteiger partial charge on any atom is 0.407 e. The molecule has 1 saturated carbocycles. The smallest absolute Gasteiger partial charge is 0.407 e. The normalized spacial score (nSPS) is 24.4. The summed E-state index contributed by atoms with van der Waals surface area (Å²) in [5.74, 6) is 2.71. The van der Waals surface area contributed by atoms with Gasteiger partial charge in [-0.05, 0) is 42.4 Å². The summed E-state index contributed by atoms with van der Waals surface area (Å²) in [6, 6.07) is 5.97. The zero-order valence-electron chi connectivity index (χ0n) is 13.1. The van der Waals surface area contributed by atoms with Crippen molar-refractivity contribution in [1.29, 1.82) is 0 Å². The quantitative estimate of drug-likeness (QED) is 0.907. The van der Waals surface area contributed by atoms with Gasteiger partial charge in [0.1, 0.15) is 0 Å². The number of ether oxygens (including phenoxy) is 2. The minimum Gasteiger partial charge on any atom is -0.493 e. The molecular formula is C17H23NO4. The van der Waals surface area contributed by atoms with E-state index in [9.17, 15) is 4.79 Å². The van der Waals surface area contributed by atoms with E-state index in [1.807, 2.05) is 18.2 Å². The lowest BCUT2D eigenvalue weighted by Gasteiger charge is -2.17. The Labute approximate surface area is 130 Å². The first-order chi connectivity index (χ1) is 10.6. The van der Waals surface area contributed by atoms with E-state index >= 15 is 0 Å². The van der Waals surface area contributed by atoms with Gasteiger partial charge in [0, 0.05) is 19.0 Å². The lowest BCUT2D eigenvalue weighted by atomic mass is 9.90. The van der Waals surface area contributed by atoms with Gasteiger partial charge in [0.2, 0.25) is 0 Å². The SMILES string of the molecule is COc1ccc([C@H]2CN(C(=O)O)C[C@H]2C)cc1OCC1CC1. The number of rotatable bonds is 5. The Morgan fingerprint density at radius 2 is 2.09 bits per heavy atom. The van der Waals surface area contributed by atoms with Crippen molar-refractivity contribution in [3.63, 3.8) is 0 Å². The molecule has 1 aliphatic heterocycles. The fourth-order valence-corrected chi connectivity index (χ4v) is 3.09. The molecule has 2 atom stereocenters. The van der Waals surface area contributed by atoms with Crippen molar-refractivity contribution in [2.75, 3.05) is 26.8 Å². The van der Waals surface area contributed by atoms with Gasteiger partial charge in [-0.15, -0.1) is 0 Å². The van der Waals surface area contributed by atoms with E-state index in [4.69, 9.17) is 14.6 Å². The van der Waals surface area contributed by atoms with Crippen LogP contribution in [0.1, 0.15) is 31.2 Å². The van der Waals surface area contributed by atoms with E-state index < -0.39 is 6.09 Å². The van der Waals surface area contributed by atoms with Crippen LogP contribution in [-0.4, -0.2) is 42.9 Å². The summed E-state index contributed by atoms with van der Waals surface area (Å²) < 4.78 is 11.3. The maximum absolute atomic E-state index is 11.2. The Kier molecular flexibility index (Phi) is 4.14. The first-order valence-corrected chi connectivity index (χ1v) is 7.87. The predicted molar refractivity (Wildman–Crippen MR) is 82.7 cm³/mol. The Bertz CT molecular complexity index is 556. The number of hydrogen-bond acceptors (Lipinski definition) is 3. The highest BCUT2D eigenvalue weighted by Crippen LogP contribution is 2.38. The molecule has 0 spiro atoms. The van der Waals surface area contributed by atoms with Gasteiger partial charge in [-0.3, -0.25) is 0 Å². The number of nitrogens with zero attached hydrogens (tertiary/aromatic N) is 1. The van der Waals surface area contributed by atoms with Crippen LogP contribution in [0.2, 0.25) is 0 Å². The van der Waals surface area contributed by atoms with Gasteiger partial charge in [0.05, 0.1) is 13.7 Å². The van der Waals surface area contributed by atoms with E-state index in [2.05, 4.69) is 6.92 Å². The molecule has 1 N–H and O–H groups in total. The highest BCUT2D eigenvalue weighted by molar-refractivity contribution is 5.65. The molecule has 0 aromatic heterocycles. The molecule has 0 radical (unpaired) electrons. The topological polar surface area (TPSA) is 59.0 Å². The lowest BCUT2D eigenvalue weighted by molar-refractivity contribution is 0.154. The van der Waals surface area contributed by atoms with Crippen molar-refractivity contribution in [1.82, 2.24) is 4.90 Å². The predicted octanol–water partition coefficient (Wildman–Crippen LogP) is 3.20. The number of amides is 1. The van der Waals surface area contributed by atoms with Crippen molar-refractivity contribution < 1.29 is 19.4 Å². The molecule has 3 rings (SSSR count). The molecule has 1 aliphatic carbocycles. The van der Waals surface area contributed by atoms with E-state index in [-0.39, 0.29) is 5.92 Å². The van der Waals surface area contributed by atoms with Crippen molar-refractivity contribution in [2.45, 2.75) is 25.7 Å². The van der Waals surface area contributed by atoms with Crippen LogP contribution in [0.3, 0.4) is 0 Å². The second kappa shape index (κ2) is 6.07. The maximum atomic E-state index is 11.2. The average Bonchev–Trinajstić information content (AvgIpc) is 3.25. The number of carboxylic acid groups (broad SMARTS) is 1. The zero-order valence-corrected chi connectivity index (χ0v) is 13.1. The van der Waals surface area contributed by atoms with Gasteiger partial charge < -0.3 is 19.5 Å². The van der Waals surface area contributed by atoms with Crippen LogP contribution in [-0.2, 0) is 0 Å². The van der Waals surface area contributed by atoms with Crippen LogP contribution in [0.5, 0.6) is 11.5 Å². The number of likely N-dealkylation sites (tertiary alicyclic amines) is 1.